The second-order valence-electron chi connectivity index (χ2n) is 14.8. The topological polar surface area (TPSA) is 120 Å². The molecule has 4 amide bonds. The van der Waals surface area contributed by atoms with E-state index in [0.29, 0.717) is 39.5 Å². The summed E-state index contributed by atoms with van der Waals surface area (Å²) in [5.41, 5.74) is 1.73. The van der Waals surface area contributed by atoms with Crippen molar-refractivity contribution >= 4 is 52.6 Å². The summed E-state index contributed by atoms with van der Waals surface area (Å²) in [6, 6.07) is 12.1. The number of amides is 4. The third-order valence-corrected chi connectivity index (χ3v) is 12.7. The molecule has 0 bridgehead atoms. The smallest absolute Gasteiger partial charge is 0.417 e. The molecule has 0 spiro atoms. The van der Waals surface area contributed by atoms with Crippen molar-refractivity contribution in [2.45, 2.75) is 75.4 Å². The Morgan fingerprint density at radius 2 is 1.66 bits per heavy atom. The molecule has 0 unspecified atom stereocenters. The van der Waals surface area contributed by atoms with Crippen LogP contribution in [0.25, 0.3) is 0 Å². The number of aromatic nitrogens is 1. The maximum absolute atomic E-state index is 15.3. The monoisotopic (exact) mass is 766 g/mol. The van der Waals surface area contributed by atoms with Gasteiger partial charge in [-0.2, -0.15) is 18.2 Å². The van der Waals surface area contributed by atoms with E-state index in [1.165, 1.54) is 4.90 Å². The number of phenols is 1. The molecule has 3 aliphatic carbocycles. The number of anilines is 1. The summed E-state index contributed by atoms with van der Waals surface area (Å²) in [7, 11) is 0. The van der Waals surface area contributed by atoms with Gasteiger partial charge >= 0.3 is 6.18 Å². The van der Waals surface area contributed by atoms with Gasteiger partial charge in [-0.05, 0) is 67.9 Å². The van der Waals surface area contributed by atoms with E-state index >= 15 is 4.79 Å². The standard InChI is InChI=1S/C39H35Cl2F3N4O5/c1-19-6-5-9-26(32(19)49)31-24-14-15-25-30(36(52)47(34(25)50)23-7-3-2-4-8-23)27(24)17-28-35(51)48(37(53)38(28,31)20-10-12-22(40)13-11-20)46-33-29(41)16-21(18-45-33)39(42,43)44/h5-6,9-14,16,18,23,25,27-28,30-31,49H,2-4,7-8,15,17H2,1H3,(H,45,46)/t25-,27+,28-,30-,31+,38+/m0/s1. The van der Waals surface area contributed by atoms with E-state index in [-0.39, 0.29) is 42.3 Å². The highest BCUT2D eigenvalue weighted by Gasteiger charge is 2.71. The number of halogens is 5. The molecule has 9 nitrogen and oxygen atoms in total. The number of nitrogens with one attached hydrogen (secondary N) is 1. The lowest BCUT2D eigenvalue weighted by Crippen LogP contribution is -2.53. The van der Waals surface area contributed by atoms with Crippen molar-refractivity contribution in [3.8, 4) is 5.75 Å². The lowest BCUT2D eigenvalue weighted by Gasteiger charge is -2.50. The number of alkyl halides is 3. The number of hydrogen-bond donors (Lipinski definition) is 2. The maximum Gasteiger partial charge on any atom is 0.417 e. The van der Waals surface area contributed by atoms with Crippen LogP contribution in [0, 0.1) is 30.6 Å². The molecule has 53 heavy (non-hydrogen) atoms. The van der Waals surface area contributed by atoms with Crippen LogP contribution >= 0.6 is 23.2 Å². The maximum atomic E-state index is 15.3. The summed E-state index contributed by atoms with van der Waals surface area (Å²) in [5, 5.41) is 12.4. The summed E-state index contributed by atoms with van der Waals surface area (Å²) in [6.45, 7) is 1.71. The average Bonchev–Trinajstić information content (AvgIpc) is 3.51. The van der Waals surface area contributed by atoms with Gasteiger partial charge in [0.05, 0.1) is 33.8 Å². The quantitative estimate of drug-likeness (QED) is 0.202. The molecule has 6 atom stereocenters. The van der Waals surface area contributed by atoms with Gasteiger partial charge in [0.25, 0.3) is 11.8 Å². The molecule has 2 N–H and O–H groups in total. The van der Waals surface area contributed by atoms with Crippen molar-refractivity contribution in [1.82, 2.24) is 14.9 Å². The number of nitrogens with zero attached hydrogens (tertiary/aromatic N) is 3. The molecule has 2 aliphatic heterocycles. The van der Waals surface area contributed by atoms with Crippen LogP contribution in [-0.2, 0) is 30.8 Å². The Kier molecular flexibility index (Phi) is 8.64. The summed E-state index contributed by atoms with van der Waals surface area (Å²) in [5.74, 6) is -6.62. The minimum absolute atomic E-state index is 0.00710. The molecule has 2 saturated heterocycles. The third kappa shape index (κ3) is 5.38. The molecule has 0 radical (unpaired) electrons. The Balaban J connectivity index is 1.31. The summed E-state index contributed by atoms with van der Waals surface area (Å²) in [6.07, 6.45) is 2.31. The van der Waals surface area contributed by atoms with Gasteiger partial charge in [0.2, 0.25) is 11.8 Å². The molecule has 276 valence electrons. The van der Waals surface area contributed by atoms with Gasteiger partial charge < -0.3 is 5.11 Å². The Morgan fingerprint density at radius 3 is 2.34 bits per heavy atom. The van der Waals surface area contributed by atoms with E-state index in [0.717, 1.165) is 37.1 Å². The number of hydrazine groups is 1. The predicted octanol–water partition coefficient (Wildman–Crippen LogP) is 7.74. The molecule has 2 aromatic carbocycles. The highest BCUT2D eigenvalue weighted by atomic mass is 35.5. The number of allylic oxidation sites excluding steroid dienone is 2. The zero-order valence-electron chi connectivity index (χ0n) is 28.5. The largest absolute Gasteiger partial charge is 0.507 e. The Labute approximate surface area is 313 Å². The van der Waals surface area contributed by atoms with Crippen molar-refractivity contribution < 1.29 is 37.5 Å². The van der Waals surface area contributed by atoms with Crippen molar-refractivity contribution in [3.05, 3.63) is 98.7 Å². The molecule has 2 saturated carbocycles. The van der Waals surface area contributed by atoms with Crippen molar-refractivity contribution in [2.75, 3.05) is 5.43 Å². The first kappa shape index (κ1) is 35.6. The second-order valence-corrected chi connectivity index (χ2v) is 15.6. The number of likely N-dealkylation sites (tertiary alicyclic amines) is 1. The summed E-state index contributed by atoms with van der Waals surface area (Å²) < 4.78 is 40.4. The van der Waals surface area contributed by atoms with Crippen molar-refractivity contribution in [3.63, 3.8) is 0 Å². The number of phenolic OH excluding ortho intramolecular Hbond substituents is 1. The highest BCUT2D eigenvalue weighted by molar-refractivity contribution is 6.33. The summed E-state index contributed by atoms with van der Waals surface area (Å²) >= 11 is 12.6. The molecule has 3 aromatic rings. The summed E-state index contributed by atoms with van der Waals surface area (Å²) in [4.78, 5) is 63.8. The van der Waals surface area contributed by atoms with Crippen LogP contribution in [-0.4, -0.2) is 49.7 Å². The number of carbonyl (C=O) groups excluding carboxylic acids is 4. The van der Waals surface area contributed by atoms with Crippen LogP contribution in [0.15, 0.2) is 66.4 Å². The van der Waals surface area contributed by atoms with E-state index < -0.39 is 63.6 Å². The molecule has 5 aliphatic rings. The van der Waals surface area contributed by atoms with Crippen molar-refractivity contribution in [1.29, 1.82) is 0 Å². The number of pyridine rings is 1. The first-order valence-electron chi connectivity index (χ1n) is 17.7. The zero-order valence-corrected chi connectivity index (χ0v) is 30.0. The lowest BCUT2D eigenvalue weighted by molar-refractivity contribution is -0.144. The Morgan fingerprint density at radius 1 is 0.943 bits per heavy atom. The molecular weight excluding hydrogens is 732 g/mol. The first-order valence-corrected chi connectivity index (χ1v) is 18.5. The number of benzene rings is 2. The van der Waals surface area contributed by atoms with Gasteiger partial charge in [0.1, 0.15) is 5.75 Å². The van der Waals surface area contributed by atoms with Gasteiger partial charge in [0, 0.05) is 28.7 Å². The molecule has 14 heteroatoms. The van der Waals surface area contributed by atoms with E-state index in [1.54, 1.807) is 49.4 Å². The molecule has 3 heterocycles. The highest BCUT2D eigenvalue weighted by Crippen LogP contribution is 2.65. The molecular formula is C39H35Cl2F3N4O5. The van der Waals surface area contributed by atoms with Crippen LogP contribution in [0.5, 0.6) is 5.75 Å². The van der Waals surface area contributed by atoms with Gasteiger partial charge in [-0.25, -0.2) is 4.98 Å². The minimum atomic E-state index is -4.74. The van der Waals surface area contributed by atoms with Crippen LogP contribution < -0.4 is 5.43 Å². The van der Waals surface area contributed by atoms with Crippen LogP contribution in [0.4, 0.5) is 19.0 Å². The molecule has 8 rings (SSSR count). The van der Waals surface area contributed by atoms with E-state index in [1.807, 2.05) is 6.08 Å². The van der Waals surface area contributed by atoms with E-state index in [9.17, 15) is 32.7 Å². The number of rotatable bonds is 5. The number of hydrogen-bond acceptors (Lipinski definition) is 7. The number of aromatic hydroxyl groups is 1. The fourth-order valence-electron chi connectivity index (χ4n) is 9.77. The number of carbonyl (C=O) groups is 4. The van der Waals surface area contributed by atoms with E-state index in [4.69, 9.17) is 23.2 Å². The van der Waals surface area contributed by atoms with Gasteiger partial charge in [0.15, 0.2) is 5.82 Å². The predicted molar refractivity (Wildman–Crippen MR) is 188 cm³/mol. The molecule has 4 fully saturated rings. The van der Waals surface area contributed by atoms with Gasteiger partial charge in [-0.3, -0.25) is 29.5 Å². The van der Waals surface area contributed by atoms with Crippen LogP contribution in [0.3, 0.4) is 0 Å². The van der Waals surface area contributed by atoms with Crippen LogP contribution in [0.2, 0.25) is 10.0 Å². The van der Waals surface area contributed by atoms with E-state index in [2.05, 4.69) is 10.4 Å². The molecule has 1 aromatic heterocycles. The number of aryl methyl sites for hydroxylation is 1. The second kappa shape index (κ2) is 12.9. The Bertz CT molecular complexity index is 2090. The average molecular weight is 768 g/mol. The van der Waals surface area contributed by atoms with Crippen molar-refractivity contribution in [2.24, 2.45) is 23.7 Å². The fourth-order valence-corrected chi connectivity index (χ4v) is 10.1. The SMILES string of the molecule is Cc1cccc([C@H]2C3=CC[C@@H]4C(=O)N(C5CCCCC5)C(=O)[C@@H]4[C@@H]3C[C@H]3C(=O)N(Nc4ncc(C(F)(F)F)cc4Cl)C(=O)[C@@]23c2ccc(Cl)cc2)c1O. The normalized spacial score (nSPS) is 28.9. The zero-order chi connectivity index (χ0) is 37.6. The van der Waals surface area contributed by atoms with Gasteiger partial charge in [-0.15, -0.1) is 0 Å². The lowest BCUT2D eigenvalue weighted by atomic mass is 9.49. The third-order valence-electron chi connectivity index (χ3n) is 12.1. The minimum Gasteiger partial charge on any atom is -0.507 e. The Hall–Kier alpha value is -4.42. The fraction of sp³-hybridized carbons (Fsp3) is 0.410. The number of fused-ring (bicyclic) bond motifs is 4. The van der Waals surface area contributed by atoms with Gasteiger partial charge in [-0.1, -0.05) is 84.4 Å². The number of para-hydroxylation sites is 1. The number of imide groups is 2. The van der Waals surface area contributed by atoms with Crippen LogP contribution in [0.1, 0.15) is 73.1 Å². The first-order chi connectivity index (χ1) is 25.2.